The summed E-state index contributed by atoms with van der Waals surface area (Å²) in [4.78, 5) is 9.41. The van der Waals surface area contributed by atoms with E-state index in [1.165, 1.54) is 11.1 Å². The van der Waals surface area contributed by atoms with Crippen molar-refractivity contribution >= 4 is 17.5 Å². The van der Waals surface area contributed by atoms with E-state index in [2.05, 4.69) is 69.3 Å². The van der Waals surface area contributed by atoms with Crippen LogP contribution in [0.1, 0.15) is 25.0 Å². The zero-order chi connectivity index (χ0) is 16.9. The first-order chi connectivity index (χ1) is 11.7. The van der Waals surface area contributed by atoms with Gasteiger partial charge in [-0.25, -0.2) is 0 Å². The number of rotatable bonds is 5. The first-order valence-corrected chi connectivity index (χ1v) is 8.73. The van der Waals surface area contributed by atoms with E-state index in [1.54, 1.807) is 6.20 Å². The Hall–Kier alpha value is -2.21. The fourth-order valence-corrected chi connectivity index (χ4v) is 3.11. The Bertz CT molecular complexity index is 679. The molecule has 1 aliphatic rings. The zero-order valence-electron chi connectivity index (χ0n) is 14.8. The van der Waals surface area contributed by atoms with Crippen molar-refractivity contribution in [2.45, 2.75) is 27.2 Å². The lowest BCUT2D eigenvalue weighted by atomic mass is 10.1. The van der Waals surface area contributed by atoms with Crippen molar-refractivity contribution < 1.29 is 0 Å². The summed E-state index contributed by atoms with van der Waals surface area (Å²) < 4.78 is 0. The summed E-state index contributed by atoms with van der Waals surface area (Å²) in [5.74, 6) is 1.46. The molecule has 1 saturated heterocycles. The molecule has 3 rings (SSSR count). The highest BCUT2D eigenvalue weighted by molar-refractivity contribution is 5.63. The molecule has 2 aromatic rings. The minimum atomic E-state index is 0.564. The van der Waals surface area contributed by atoms with Crippen molar-refractivity contribution in [3.63, 3.8) is 0 Å². The highest BCUT2D eigenvalue weighted by Crippen LogP contribution is 2.24. The van der Waals surface area contributed by atoms with Crippen LogP contribution in [0.3, 0.4) is 0 Å². The number of nitrogens with zero attached hydrogens (tertiary/aromatic N) is 5. The van der Waals surface area contributed by atoms with Gasteiger partial charge in [0.15, 0.2) is 5.82 Å². The van der Waals surface area contributed by atoms with Crippen LogP contribution in [-0.2, 0) is 6.42 Å². The van der Waals surface area contributed by atoms with E-state index in [-0.39, 0.29) is 0 Å². The number of hydrogen-bond acceptors (Lipinski definition) is 6. The van der Waals surface area contributed by atoms with Gasteiger partial charge in [-0.05, 0) is 31.0 Å². The van der Waals surface area contributed by atoms with E-state index in [0.717, 1.165) is 50.6 Å². The molecule has 1 fully saturated rings. The molecule has 24 heavy (non-hydrogen) atoms. The summed E-state index contributed by atoms with van der Waals surface area (Å²) in [5.41, 5.74) is 3.55. The molecular weight excluding hydrogens is 300 g/mol. The van der Waals surface area contributed by atoms with Gasteiger partial charge in [0, 0.05) is 31.9 Å². The second-order valence-corrected chi connectivity index (χ2v) is 6.15. The average Bonchev–Trinajstić information content (AvgIpc) is 2.64. The number of anilines is 3. The Labute approximate surface area is 143 Å². The molecule has 0 aliphatic carbocycles. The third kappa shape index (κ3) is 3.64. The Morgan fingerprint density at radius 1 is 1.12 bits per heavy atom. The van der Waals surface area contributed by atoms with Crippen LogP contribution in [0.2, 0.25) is 0 Å². The van der Waals surface area contributed by atoms with Gasteiger partial charge in [0.05, 0.1) is 6.20 Å². The predicted octanol–water partition coefficient (Wildman–Crippen LogP) is 2.63. The van der Waals surface area contributed by atoms with Crippen molar-refractivity contribution in [1.82, 2.24) is 20.1 Å². The van der Waals surface area contributed by atoms with Crippen molar-refractivity contribution in [2.75, 3.05) is 42.9 Å². The number of piperazine rings is 1. The Kier molecular flexibility index (Phi) is 5.25. The first-order valence-electron chi connectivity index (χ1n) is 8.73. The van der Waals surface area contributed by atoms with Crippen LogP contribution in [-0.4, -0.2) is 52.8 Å². The number of aromatic nitrogens is 3. The van der Waals surface area contributed by atoms with Gasteiger partial charge in [-0.2, -0.15) is 10.1 Å². The van der Waals surface area contributed by atoms with Gasteiger partial charge in [-0.3, -0.25) is 0 Å². The topological polar surface area (TPSA) is 57.2 Å². The van der Waals surface area contributed by atoms with E-state index in [9.17, 15) is 0 Å². The monoisotopic (exact) mass is 326 g/mol. The third-order valence-electron chi connectivity index (χ3n) is 4.67. The van der Waals surface area contributed by atoms with E-state index in [1.807, 2.05) is 0 Å². The maximum atomic E-state index is 4.68. The lowest BCUT2D eigenvalue weighted by molar-refractivity contribution is 0.270. The van der Waals surface area contributed by atoms with E-state index < -0.39 is 0 Å². The molecule has 2 heterocycles. The van der Waals surface area contributed by atoms with Crippen molar-refractivity contribution in [1.29, 1.82) is 0 Å². The number of para-hydroxylation sites is 1. The molecule has 0 spiro atoms. The largest absolute Gasteiger partial charge is 0.353 e. The van der Waals surface area contributed by atoms with Crippen LogP contribution >= 0.6 is 0 Å². The second kappa shape index (κ2) is 7.57. The minimum absolute atomic E-state index is 0.564. The van der Waals surface area contributed by atoms with Gasteiger partial charge >= 0.3 is 0 Å². The highest BCUT2D eigenvalue weighted by atomic mass is 15.3. The molecule has 1 N–H and O–H groups in total. The molecule has 0 unspecified atom stereocenters. The van der Waals surface area contributed by atoms with Gasteiger partial charge < -0.3 is 15.1 Å². The van der Waals surface area contributed by atoms with E-state index >= 15 is 0 Å². The van der Waals surface area contributed by atoms with Crippen molar-refractivity contribution in [3.05, 3.63) is 35.5 Å². The quantitative estimate of drug-likeness (QED) is 0.911. The summed E-state index contributed by atoms with van der Waals surface area (Å²) in [6, 6.07) is 6.32. The summed E-state index contributed by atoms with van der Waals surface area (Å²) in [7, 11) is 0. The molecule has 6 heteroatoms. The third-order valence-corrected chi connectivity index (χ3v) is 4.67. The molecule has 1 aliphatic heterocycles. The molecule has 0 atom stereocenters. The summed E-state index contributed by atoms with van der Waals surface area (Å²) in [6.07, 6.45) is 2.72. The van der Waals surface area contributed by atoms with Gasteiger partial charge in [-0.1, -0.05) is 32.0 Å². The molecule has 6 nitrogen and oxygen atoms in total. The van der Waals surface area contributed by atoms with Gasteiger partial charge in [0.25, 0.3) is 0 Å². The molecule has 1 aromatic carbocycles. The normalized spacial score (nSPS) is 15.5. The van der Waals surface area contributed by atoms with E-state index in [4.69, 9.17) is 0 Å². The number of nitrogens with one attached hydrogen (secondary N) is 1. The number of aryl methyl sites for hydroxylation is 2. The van der Waals surface area contributed by atoms with Crippen molar-refractivity contribution in [2.24, 2.45) is 0 Å². The first kappa shape index (κ1) is 16.6. The van der Waals surface area contributed by atoms with Gasteiger partial charge in [0.2, 0.25) is 5.95 Å². The Morgan fingerprint density at radius 3 is 2.62 bits per heavy atom. The molecule has 1 aromatic heterocycles. The highest BCUT2D eigenvalue weighted by Gasteiger charge is 2.18. The molecule has 0 radical (unpaired) electrons. The SMILES string of the molecule is CCc1cccc(C)c1Nc1nncc(N2CCN(CC)CC2)n1. The van der Waals surface area contributed by atoms with Crippen molar-refractivity contribution in [3.8, 4) is 0 Å². The van der Waals surface area contributed by atoms with Crippen LogP contribution in [0.5, 0.6) is 0 Å². The fourth-order valence-electron chi connectivity index (χ4n) is 3.11. The average molecular weight is 326 g/mol. The summed E-state index contributed by atoms with van der Waals surface area (Å²) in [5, 5.41) is 11.7. The molecule has 128 valence electrons. The van der Waals surface area contributed by atoms with Crippen LogP contribution in [0, 0.1) is 6.92 Å². The minimum Gasteiger partial charge on any atom is -0.353 e. The van der Waals surface area contributed by atoms with Crippen LogP contribution in [0.15, 0.2) is 24.4 Å². The van der Waals surface area contributed by atoms with Crippen LogP contribution in [0.4, 0.5) is 17.5 Å². The number of benzene rings is 1. The van der Waals surface area contributed by atoms with Gasteiger partial charge in [-0.15, -0.1) is 5.10 Å². The van der Waals surface area contributed by atoms with E-state index in [0.29, 0.717) is 5.95 Å². The number of hydrogen-bond donors (Lipinski definition) is 1. The standard InChI is InChI=1S/C18H26N6/c1-4-15-8-6-7-14(3)17(15)21-18-20-16(13-19-22-18)24-11-9-23(5-2)10-12-24/h6-8,13H,4-5,9-12H2,1-3H3,(H,20,21,22). The summed E-state index contributed by atoms with van der Waals surface area (Å²) >= 11 is 0. The van der Waals surface area contributed by atoms with Crippen LogP contribution in [0.25, 0.3) is 0 Å². The summed E-state index contributed by atoms with van der Waals surface area (Å²) in [6.45, 7) is 11.7. The van der Waals surface area contributed by atoms with Gasteiger partial charge in [0.1, 0.15) is 0 Å². The lowest BCUT2D eigenvalue weighted by Crippen LogP contribution is -2.46. The maximum absolute atomic E-state index is 4.68. The number of likely N-dealkylation sites (N-methyl/N-ethyl adjacent to an activating group) is 1. The lowest BCUT2D eigenvalue weighted by Gasteiger charge is -2.34. The Morgan fingerprint density at radius 2 is 1.92 bits per heavy atom. The molecule has 0 bridgehead atoms. The fraction of sp³-hybridized carbons (Fsp3) is 0.500. The molecular formula is C18H26N6. The second-order valence-electron chi connectivity index (χ2n) is 6.15. The maximum Gasteiger partial charge on any atom is 0.249 e. The van der Waals surface area contributed by atoms with Crippen LogP contribution < -0.4 is 10.2 Å². The molecule has 0 saturated carbocycles. The predicted molar refractivity (Wildman–Crippen MR) is 98.0 cm³/mol. The zero-order valence-corrected chi connectivity index (χ0v) is 14.8. The smallest absolute Gasteiger partial charge is 0.249 e. The Balaban J connectivity index is 1.77. The molecule has 0 amide bonds.